The molecule has 1 aliphatic rings. The molecule has 0 aliphatic carbocycles. The summed E-state index contributed by atoms with van der Waals surface area (Å²) in [4.78, 5) is 16.5. The number of aromatic nitrogens is 1. The van der Waals surface area contributed by atoms with E-state index in [1.807, 2.05) is 0 Å². The van der Waals surface area contributed by atoms with Crippen molar-refractivity contribution in [1.82, 2.24) is 9.99 Å². The molecule has 1 amide bonds. The van der Waals surface area contributed by atoms with Crippen LogP contribution in [-0.4, -0.2) is 26.7 Å². The van der Waals surface area contributed by atoms with Crippen LogP contribution in [0.4, 0.5) is 4.39 Å². The van der Waals surface area contributed by atoms with E-state index in [2.05, 4.69) is 10.1 Å². The van der Waals surface area contributed by atoms with E-state index < -0.39 is 17.4 Å². The van der Waals surface area contributed by atoms with Gasteiger partial charge in [0.1, 0.15) is 5.82 Å². The second-order valence-electron chi connectivity index (χ2n) is 5.19. The number of hydrogen-bond donors (Lipinski definition) is 1. The van der Waals surface area contributed by atoms with E-state index in [9.17, 15) is 14.3 Å². The van der Waals surface area contributed by atoms with Crippen LogP contribution in [0.5, 0.6) is 0 Å². The highest BCUT2D eigenvalue weighted by Gasteiger charge is 2.45. The van der Waals surface area contributed by atoms with Crippen molar-refractivity contribution >= 4 is 11.6 Å². The Balaban J connectivity index is 2.01. The summed E-state index contributed by atoms with van der Waals surface area (Å²) >= 11 is 0. The zero-order valence-corrected chi connectivity index (χ0v) is 11.9. The number of aliphatic hydroxyl groups is 1. The van der Waals surface area contributed by atoms with E-state index in [-0.39, 0.29) is 6.42 Å². The molecule has 1 aromatic carbocycles. The fourth-order valence-electron chi connectivity index (χ4n) is 2.49. The first kappa shape index (κ1) is 14.3. The fourth-order valence-corrected chi connectivity index (χ4v) is 2.49. The lowest BCUT2D eigenvalue weighted by atomic mass is 9.97. The normalized spacial score (nSPS) is 20.9. The maximum atomic E-state index is 13.1. The maximum absolute atomic E-state index is 13.1. The second-order valence-corrected chi connectivity index (χ2v) is 5.19. The van der Waals surface area contributed by atoms with Gasteiger partial charge < -0.3 is 5.11 Å². The smallest absolute Gasteiger partial charge is 0.278 e. The van der Waals surface area contributed by atoms with Gasteiger partial charge in [0.25, 0.3) is 5.91 Å². The highest BCUT2D eigenvalue weighted by molar-refractivity contribution is 5.97. The zero-order valence-electron chi connectivity index (χ0n) is 11.9. The maximum Gasteiger partial charge on any atom is 0.278 e. The molecule has 0 spiro atoms. The molecule has 5 nitrogen and oxygen atoms in total. The Kier molecular flexibility index (Phi) is 3.46. The van der Waals surface area contributed by atoms with Crippen molar-refractivity contribution in [2.75, 3.05) is 0 Å². The van der Waals surface area contributed by atoms with E-state index in [0.29, 0.717) is 16.8 Å². The highest BCUT2D eigenvalue weighted by atomic mass is 19.1. The monoisotopic (exact) mass is 299 g/mol. The van der Waals surface area contributed by atoms with Gasteiger partial charge >= 0.3 is 0 Å². The Morgan fingerprint density at radius 2 is 2.05 bits per heavy atom. The predicted octanol–water partition coefficient (Wildman–Crippen LogP) is 2.29. The molecule has 0 radical (unpaired) electrons. The molecule has 6 heteroatoms. The van der Waals surface area contributed by atoms with Crippen LogP contribution in [-0.2, 0) is 5.72 Å². The number of benzene rings is 1. The van der Waals surface area contributed by atoms with Crippen LogP contribution in [0.25, 0.3) is 0 Å². The van der Waals surface area contributed by atoms with Crippen LogP contribution in [0.1, 0.15) is 29.3 Å². The summed E-state index contributed by atoms with van der Waals surface area (Å²) in [6, 6.07) is 8.63. The lowest BCUT2D eigenvalue weighted by Crippen LogP contribution is -2.43. The first-order valence-corrected chi connectivity index (χ1v) is 6.78. The van der Waals surface area contributed by atoms with Gasteiger partial charge in [-0.15, -0.1) is 0 Å². The minimum Gasteiger partial charge on any atom is -0.365 e. The van der Waals surface area contributed by atoms with Gasteiger partial charge in [-0.05, 0) is 31.2 Å². The Hall–Kier alpha value is -2.60. The first-order chi connectivity index (χ1) is 10.5. The van der Waals surface area contributed by atoms with Gasteiger partial charge in [-0.25, -0.2) is 4.39 Å². The van der Waals surface area contributed by atoms with Crippen LogP contribution in [0.2, 0.25) is 0 Å². The number of halogens is 1. The van der Waals surface area contributed by atoms with Crippen molar-refractivity contribution in [1.29, 1.82) is 0 Å². The van der Waals surface area contributed by atoms with Gasteiger partial charge in [0.05, 0.1) is 5.56 Å². The number of rotatable bonds is 2. The summed E-state index contributed by atoms with van der Waals surface area (Å²) in [5, 5.41) is 16.1. The first-order valence-electron chi connectivity index (χ1n) is 6.78. The molecule has 1 aromatic heterocycles. The van der Waals surface area contributed by atoms with Crippen molar-refractivity contribution in [2.24, 2.45) is 5.10 Å². The third-order valence-electron chi connectivity index (χ3n) is 3.53. The summed E-state index contributed by atoms with van der Waals surface area (Å²) in [7, 11) is 0. The number of pyridine rings is 1. The molecule has 112 valence electrons. The van der Waals surface area contributed by atoms with Crippen molar-refractivity contribution in [3.8, 4) is 0 Å². The lowest BCUT2D eigenvalue weighted by Gasteiger charge is -2.31. The van der Waals surface area contributed by atoms with Gasteiger partial charge in [0, 0.05) is 30.1 Å². The summed E-state index contributed by atoms with van der Waals surface area (Å²) in [6.07, 6.45) is 3.14. The summed E-state index contributed by atoms with van der Waals surface area (Å²) in [6.45, 7) is 1.73. The molecular weight excluding hydrogens is 285 g/mol. The molecule has 22 heavy (non-hydrogen) atoms. The Morgan fingerprint density at radius 1 is 1.32 bits per heavy atom. The van der Waals surface area contributed by atoms with Crippen molar-refractivity contribution < 1.29 is 14.3 Å². The van der Waals surface area contributed by atoms with E-state index in [1.165, 1.54) is 30.5 Å². The molecule has 0 fully saturated rings. The number of carbonyl (C=O) groups is 1. The SMILES string of the molecule is CC1=NN(C(=O)c2cccnc2)C(O)(c2ccc(F)cc2)C1. The zero-order chi connectivity index (χ0) is 15.7. The van der Waals surface area contributed by atoms with Gasteiger partial charge in [-0.2, -0.15) is 10.1 Å². The van der Waals surface area contributed by atoms with Crippen LogP contribution in [0.15, 0.2) is 53.9 Å². The van der Waals surface area contributed by atoms with Gasteiger partial charge in [-0.3, -0.25) is 9.78 Å². The number of carbonyl (C=O) groups excluding carboxylic acids is 1. The van der Waals surface area contributed by atoms with Crippen LogP contribution < -0.4 is 0 Å². The van der Waals surface area contributed by atoms with Crippen molar-refractivity contribution in [2.45, 2.75) is 19.1 Å². The Morgan fingerprint density at radius 3 is 2.68 bits per heavy atom. The van der Waals surface area contributed by atoms with Crippen LogP contribution in [0.3, 0.4) is 0 Å². The standard InChI is InChI=1S/C16H14FN3O2/c1-11-9-16(22,13-4-6-14(17)7-5-13)20(19-11)15(21)12-3-2-8-18-10-12/h2-8,10,22H,9H2,1H3. The fraction of sp³-hybridized carbons (Fsp3) is 0.188. The predicted molar refractivity (Wildman–Crippen MR) is 78.4 cm³/mol. The van der Waals surface area contributed by atoms with Crippen LogP contribution >= 0.6 is 0 Å². The second kappa shape index (κ2) is 5.31. The molecule has 1 atom stereocenters. The molecule has 0 saturated heterocycles. The highest BCUT2D eigenvalue weighted by Crippen LogP contribution is 2.36. The van der Waals surface area contributed by atoms with Crippen molar-refractivity contribution in [3.63, 3.8) is 0 Å². The van der Waals surface area contributed by atoms with E-state index >= 15 is 0 Å². The minimum atomic E-state index is -1.62. The summed E-state index contributed by atoms with van der Waals surface area (Å²) < 4.78 is 13.1. The molecule has 1 N–H and O–H groups in total. The lowest BCUT2D eigenvalue weighted by molar-refractivity contribution is -0.0765. The van der Waals surface area contributed by atoms with E-state index in [0.717, 1.165) is 5.01 Å². The average molecular weight is 299 g/mol. The van der Waals surface area contributed by atoms with E-state index in [4.69, 9.17) is 0 Å². The van der Waals surface area contributed by atoms with Crippen LogP contribution in [0, 0.1) is 5.82 Å². The van der Waals surface area contributed by atoms with Gasteiger partial charge in [0.15, 0.2) is 5.72 Å². The molecular formula is C16H14FN3O2. The molecule has 2 aromatic rings. The Bertz CT molecular complexity index is 731. The minimum absolute atomic E-state index is 0.171. The van der Waals surface area contributed by atoms with E-state index in [1.54, 1.807) is 25.3 Å². The molecule has 0 saturated carbocycles. The average Bonchev–Trinajstić information content (AvgIpc) is 2.84. The van der Waals surface area contributed by atoms with Crippen molar-refractivity contribution in [3.05, 3.63) is 65.7 Å². The van der Waals surface area contributed by atoms with Gasteiger partial charge in [0.2, 0.25) is 0 Å². The molecule has 1 unspecified atom stereocenters. The molecule has 2 heterocycles. The number of hydrogen-bond acceptors (Lipinski definition) is 4. The third-order valence-corrected chi connectivity index (χ3v) is 3.53. The quantitative estimate of drug-likeness (QED) is 0.925. The molecule has 3 rings (SSSR count). The molecule has 1 aliphatic heterocycles. The number of amides is 1. The third kappa shape index (κ3) is 2.37. The topological polar surface area (TPSA) is 65.8 Å². The number of hydrazone groups is 1. The van der Waals surface area contributed by atoms with Gasteiger partial charge in [-0.1, -0.05) is 12.1 Å². The Labute approximate surface area is 126 Å². The summed E-state index contributed by atoms with van der Waals surface area (Å²) in [5.74, 6) is -0.870. The molecule has 0 bridgehead atoms. The summed E-state index contributed by atoms with van der Waals surface area (Å²) in [5.41, 5.74) is -0.276. The number of nitrogens with zero attached hydrogens (tertiary/aromatic N) is 3. The largest absolute Gasteiger partial charge is 0.365 e.